The van der Waals surface area contributed by atoms with E-state index in [0.717, 1.165) is 5.56 Å². The average molecular weight is 267 g/mol. The minimum absolute atomic E-state index is 0.118. The summed E-state index contributed by atoms with van der Waals surface area (Å²) in [4.78, 5) is 0. The van der Waals surface area contributed by atoms with Crippen LogP contribution in [0.1, 0.15) is 18.4 Å². The SMILES string of the molecule is CC(CN)c1cc(F)c(Cl)c(Br)c1. The molecule has 0 heterocycles. The number of nitrogens with two attached hydrogens (primary N) is 1. The smallest absolute Gasteiger partial charge is 0.143 e. The number of rotatable bonds is 2. The molecule has 1 aromatic carbocycles. The third kappa shape index (κ3) is 2.42. The van der Waals surface area contributed by atoms with E-state index in [-0.39, 0.29) is 10.9 Å². The van der Waals surface area contributed by atoms with Crippen molar-refractivity contribution in [3.63, 3.8) is 0 Å². The van der Waals surface area contributed by atoms with Crippen molar-refractivity contribution in [1.82, 2.24) is 0 Å². The van der Waals surface area contributed by atoms with Crippen molar-refractivity contribution >= 4 is 27.5 Å². The van der Waals surface area contributed by atoms with Gasteiger partial charge in [0, 0.05) is 4.47 Å². The highest BCUT2D eigenvalue weighted by Crippen LogP contribution is 2.29. The first-order valence-corrected chi connectivity index (χ1v) is 5.08. The molecule has 0 aliphatic rings. The molecule has 1 atom stereocenters. The number of halogens is 3. The van der Waals surface area contributed by atoms with Crippen LogP contribution in [0, 0.1) is 5.82 Å². The normalized spacial score (nSPS) is 13.0. The van der Waals surface area contributed by atoms with Crippen molar-refractivity contribution in [3.8, 4) is 0 Å². The molecule has 0 spiro atoms. The Morgan fingerprint density at radius 2 is 2.23 bits per heavy atom. The molecule has 0 aliphatic carbocycles. The fourth-order valence-corrected chi connectivity index (χ4v) is 1.56. The lowest BCUT2D eigenvalue weighted by Crippen LogP contribution is -2.09. The topological polar surface area (TPSA) is 26.0 Å². The second kappa shape index (κ2) is 4.40. The fraction of sp³-hybridized carbons (Fsp3) is 0.333. The van der Waals surface area contributed by atoms with Crippen LogP contribution < -0.4 is 5.73 Å². The monoisotopic (exact) mass is 265 g/mol. The summed E-state index contributed by atoms with van der Waals surface area (Å²) in [7, 11) is 0. The maximum atomic E-state index is 13.1. The molecule has 0 radical (unpaired) electrons. The predicted molar refractivity (Wildman–Crippen MR) is 56.6 cm³/mol. The standard InChI is InChI=1S/C9H10BrClFN/c1-5(4-13)6-2-7(10)9(11)8(12)3-6/h2-3,5H,4,13H2,1H3. The quantitative estimate of drug-likeness (QED) is 0.817. The van der Waals surface area contributed by atoms with Crippen LogP contribution >= 0.6 is 27.5 Å². The van der Waals surface area contributed by atoms with E-state index in [4.69, 9.17) is 17.3 Å². The first kappa shape index (κ1) is 11.0. The van der Waals surface area contributed by atoms with Crippen molar-refractivity contribution in [2.45, 2.75) is 12.8 Å². The molecule has 13 heavy (non-hydrogen) atoms. The van der Waals surface area contributed by atoms with E-state index < -0.39 is 5.82 Å². The molecule has 0 aromatic heterocycles. The summed E-state index contributed by atoms with van der Waals surface area (Å²) in [5, 5.41) is 0.118. The highest BCUT2D eigenvalue weighted by Gasteiger charge is 2.10. The lowest BCUT2D eigenvalue weighted by molar-refractivity contribution is 0.621. The van der Waals surface area contributed by atoms with Gasteiger partial charge in [-0.15, -0.1) is 0 Å². The average Bonchev–Trinajstić information content (AvgIpc) is 2.12. The zero-order chi connectivity index (χ0) is 10.0. The van der Waals surface area contributed by atoms with Crippen LogP contribution in [0.5, 0.6) is 0 Å². The summed E-state index contributed by atoms with van der Waals surface area (Å²) in [6.45, 7) is 2.43. The van der Waals surface area contributed by atoms with Crippen LogP contribution in [-0.2, 0) is 0 Å². The van der Waals surface area contributed by atoms with Crippen molar-refractivity contribution in [1.29, 1.82) is 0 Å². The van der Waals surface area contributed by atoms with Gasteiger partial charge in [0.15, 0.2) is 0 Å². The minimum atomic E-state index is -0.411. The zero-order valence-electron chi connectivity index (χ0n) is 7.15. The lowest BCUT2D eigenvalue weighted by atomic mass is 10.0. The van der Waals surface area contributed by atoms with E-state index in [1.807, 2.05) is 6.92 Å². The van der Waals surface area contributed by atoms with Gasteiger partial charge in [0.1, 0.15) is 5.82 Å². The molecule has 0 aliphatic heterocycles. The molecular weight excluding hydrogens is 256 g/mol. The molecule has 0 saturated heterocycles. The first-order chi connectivity index (χ1) is 6.06. The molecule has 1 unspecified atom stereocenters. The molecule has 1 rings (SSSR count). The Balaban J connectivity index is 3.13. The number of benzene rings is 1. The lowest BCUT2D eigenvalue weighted by Gasteiger charge is -2.10. The number of hydrogen-bond acceptors (Lipinski definition) is 1. The molecular formula is C9H10BrClFN. The predicted octanol–water partition coefficient (Wildman–Crippen LogP) is 3.30. The summed E-state index contributed by atoms with van der Waals surface area (Å²) in [6.07, 6.45) is 0. The minimum Gasteiger partial charge on any atom is -0.330 e. The second-order valence-corrected chi connectivity index (χ2v) is 4.17. The molecule has 4 heteroatoms. The van der Waals surface area contributed by atoms with Crippen LogP contribution in [0.15, 0.2) is 16.6 Å². The van der Waals surface area contributed by atoms with E-state index in [1.165, 1.54) is 6.07 Å². The summed E-state index contributed by atoms with van der Waals surface area (Å²) in [6, 6.07) is 3.22. The Morgan fingerprint density at radius 3 is 2.69 bits per heavy atom. The molecule has 0 bridgehead atoms. The van der Waals surface area contributed by atoms with Crippen molar-refractivity contribution in [2.75, 3.05) is 6.54 Å². The Bertz CT molecular complexity index is 293. The molecule has 0 fully saturated rings. The largest absolute Gasteiger partial charge is 0.330 e. The van der Waals surface area contributed by atoms with Gasteiger partial charge >= 0.3 is 0 Å². The Morgan fingerprint density at radius 1 is 1.62 bits per heavy atom. The summed E-state index contributed by atoms with van der Waals surface area (Å²) in [5.74, 6) is -0.269. The fourth-order valence-electron chi connectivity index (χ4n) is 0.996. The van der Waals surface area contributed by atoms with Gasteiger partial charge in [0.05, 0.1) is 5.02 Å². The van der Waals surface area contributed by atoms with Gasteiger partial charge < -0.3 is 5.73 Å². The van der Waals surface area contributed by atoms with E-state index in [0.29, 0.717) is 11.0 Å². The van der Waals surface area contributed by atoms with Gasteiger partial charge in [-0.2, -0.15) is 0 Å². The van der Waals surface area contributed by atoms with E-state index >= 15 is 0 Å². The maximum absolute atomic E-state index is 13.1. The number of hydrogen-bond donors (Lipinski definition) is 1. The third-order valence-corrected chi connectivity index (χ3v) is 3.17. The Kier molecular flexibility index (Phi) is 3.71. The van der Waals surface area contributed by atoms with Crippen LogP contribution in [0.3, 0.4) is 0 Å². The van der Waals surface area contributed by atoms with Crippen LogP contribution in [0.25, 0.3) is 0 Å². The van der Waals surface area contributed by atoms with Crippen molar-refractivity contribution in [2.24, 2.45) is 5.73 Å². The molecule has 2 N–H and O–H groups in total. The van der Waals surface area contributed by atoms with Gasteiger partial charge in [-0.05, 0) is 46.1 Å². The molecule has 1 nitrogen and oxygen atoms in total. The molecule has 72 valence electrons. The summed E-state index contributed by atoms with van der Waals surface area (Å²) >= 11 is 8.83. The zero-order valence-corrected chi connectivity index (χ0v) is 9.49. The van der Waals surface area contributed by atoms with Gasteiger partial charge in [-0.3, -0.25) is 0 Å². The van der Waals surface area contributed by atoms with E-state index in [1.54, 1.807) is 6.07 Å². The first-order valence-electron chi connectivity index (χ1n) is 3.90. The van der Waals surface area contributed by atoms with Gasteiger partial charge in [0.25, 0.3) is 0 Å². The van der Waals surface area contributed by atoms with Crippen LogP contribution in [-0.4, -0.2) is 6.54 Å². The summed E-state index contributed by atoms with van der Waals surface area (Å²) in [5.41, 5.74) is 6.33. The van der Waals surface area contributed by atoms with Gasteiger partial charge in [-0.1, -0.05) is 18.5 Å². The maximum Gasteiger partial charge on any atom is 0.143 e. The van der Waals surface area contributed by atoms with Gasteiger partial charge in [0.2, 0.25) is 0 Å². The molecule has 0 amide bonds. The van der Waals surface area contributed by atoms with E-state index in [2.05, 4.69) is 15.9 Å². The Hall–Kier alpha value is -0.120. The van der Waals surface area contributed by atoms with Crippen LogP contribution in [0.2, 0.25) is 5.02 Å². The van der Waals surface area contributed by atoms with E-state index in [9.17, 15) is 4.39 Å². The molecule has 1 aromatic rings. The highest BCUT2D eigenvalue weighted by molar-refractivity contribution is 9.10. The molecule has 0 saturated carbocycles. The van der Waals surface area contributed by atoms with Gasteiger partial charge in [-0.25, -0.2) is 4.39 Å². The second-order valence-electron chi connectivity index (χ2n) is 2.94. The summed E-state index contributed by atoms with van der Waals surface area (Å²) < 4.78 is 13.7. The van der Waals surface area contributed by atoms with Crippen LogP contribution in [0.4, 0.5) is 4.39 Å². The highest BCUT2D eigenvalue weighted by atomic mass is 79.9. The third-order valence-electron chi connectivity index (χ3n) is 1.93. The van der Waals surface area contributed by atoms with Crippen molar-refractivity contribution in [3.05, 3.63) is 33.0 Å². The van der Waals surface area contributed by atoms with Crippen molar-refractivity contribution < 1.29 is 4.39 Å². The Labute approximate surface area is 90.2 Å².